The highest BCUT2D eigenvalue weighted by atomic mass is 16.7. The highest BCUT2D eigenvalue weighted by Gasteiger charge is 2.36. The Labute approximate surface area is 202 Å². The van der Waals surface area contributed by atoms with Gasteiger partial charge in [0.15, 0.2) is 11.3 Å². The Kier molecular flexibility index (Phi) is 9.17. The Bertz CT molecular complexity index is 1000. The van der Waals surface area contributed by atoms with E-state index in [2.05, 4.69) is 5.32 Å². The van der Waals surface area contributed by atoms with Gasteiger partial charge in [0.1, 0.15) is 17.8 Å². The fraction of sp³-hybridized carbons (Fsp3) is 0.619. The highest BCUT2D eigenvalue weighted by Crippen LogP contribution is 2.19. The maximum Gasteiger partial charge on any atom is 0.414 e. The lowest BCUT2D eigenvalue weighted by Gasteiger charge is -2.41. The molecular formula is C21H33N7O7. The van der Waals surface area contributed by atoms with Crippen molar-refractivity contribution in [2.45, 2.75) is 65.0 Å². The summed E-state index contributed by atoms with van der Waals surface area (Å²) < 4.78 is 12.1. The fourth-order valence-corrected chi connectivity index (χ4v) is 3.62. The van der Waals surface area contributed by atoms with E-state index in [1.165, 1.54) is 24.2 Å². The number of nitrogens with one attached hydrogen (secondary N) is 3. The van der Waals surface area contributed by atoms with Gasteiger partial charge in [-0.1, -0.05) is 5.43 Å². The monoisotopic (exact) mass is 495 g/mol. The molecule has 0 spiro atoms. The van der Waals surface area contributed by atoms with Crippen molar-refractivity contribution in [1.82, 2.24) is 20.2 Å². The highest BCUT2D eigenvalue weighted by molar-refractivity contribution is 5.87. The van der Waals surface area contributed by atoms with Crippen LogP contribution in [-0.2, 0) is 20.8 Å². The average Bonchev–Trinajstić information content (AvgIpc) is 2.74. The van der Waals surface area contributed by atoms with Gasteiger partial charge in [0.05, 0.1) is 6.04 Å². The summed E-state index contributed by atoms with van der Waals surface area (Å²) >= 11 is 0. The van der Waals surface area contributed by atoms with E-state index in [-0.39, 0.29) is 18.8 Å². The lowest BCUT2D eigenvalue weighted by molar-refractivity contribution is -0.527. The van der Waals surface area contributed by atoms with Crippen LogP contribution in [0, 0.1) is 15.5 Å². The van der Waals surface area contributed by atoms with Crippen LogP contribution < -0.4 is 21.2 Å². The van der Waals surface area contributed by atoms with Crippen molar-refractivity contribution >= 4 is 23.6 Å². The zero-order valence-corrected chi connectivity index (χ0v) is 20.6. The summed E-state index contributed by atoms with van der Waals surface area (Å²) in [5.74, 6) is -0.934. The minimum Gasteiger partial charge on any atom is -0.443 e. The number of carbonyl (C=O) groups excluding carboxylic acids is 2. The number of rotatable bonds is 7. The first-order valence-corrected chi connectivity index (χ1v) is 11.2. The molecular weight excluding hydrogens is 462 g/mol. The number of likely N-dealkylation sites (tertiary alicyclic amines) is 1. The van der Waals surface area contributed by atoms with Gasteiger partial charge < -0.3 is 24.3 Å². The number of anilines is 1. The standard InChI is InChI=1S/C21H33N7O7/c1-6-34-18-14(9-7-12-27(18)19(22)24-28(32)33)23-16(29)13-26-11-8-10-15(17(26)30)25(5)20(31)35-21(2,3)4/h8,10-11,14,18H,6-7,9,12-13H2,1-5H3,(H2,22,24)(H,23,29). The molecule has 1 aliphatic heterocycles. The van der Waals surface area contributed by atoms with E-state index in [0.717, 1.165) is 9.47 Å². The third kappa shape index (κ3) is 7.67. The van der Waals surface area contributed by atoms with Crippen molar-refractivity contribution in [2.75, 3.05) is 25.1 Å². The molecule has 2 rings (SSSR count). The van der Waals surface area contributed by atoms with Crippen LogP contribution in [0.25, 0.3) is 0 Å². The van der Waals surface area contributed by atoms with E-state index in [1.54, 1.807) is 33.8 Å². The van der Waals surface area contributed by atoms with Crippen LogP contribution in [0.4, 0.5) is 10.5 Å². The molecule has 35 heavy (non-hydrogen) atoms. The van der Waals surface area contributed by atoms with Gasteiger partial charge in [0.2, 0.25) is 5.91 Å². The molecule has 1 fully saturated rings. The largest absolute Gasteiger partial charge is 0.443 e. The molecule has 14 nitrogen and oxygen atoms in total. The topological polar surface area (TPSA) is 172 Å². The van der Waals surface area contributed by atoms with Crippen molar-refractivity contribution in [3.8, 4) is 0 Å². The third-order valence-corrected chi connectivity index (χ3v) is 5.08. The number of pyridine rings is 1. The van der Waals surface area contributed by atoms with Crippen LogP contribution in [0.5, 0.6) is 0 Å². The molecule has 2 heterocycles. The molecule has 0 radical (unpaired) electrons. The number of ether oxygens (including phenoxy) is 2. The lowest BCUT2D eigenvalue weighted by atomic mass is 10.0. The summed E-state index contributed by atoms with van der Waals surface area (Å²) in [6.45, 7) is 7.15. The molecule has 0 aliphatic carbocycles. The van der Waals surface area contributed by atoms with Gasteiger partial charge in [-0.2, -0.15) is 0 Å². The second kappa shape index (κ2) is 11.6. The van der Waals surface area contributed by atoms with Crippen molar-refractivity contribution < 1.29 is 24.1 Å². The van der Waals surface area contributed by atoms with Crippen molar-refractivity contribution in [1.29, 1.82) is 5.41 Å². The number of amides is 2. The predicted octanol–water partition coefficient (Wildman–Crippen LogP) is 0.879. The molecule has 1 saturated heterocycles. The molecule has 3 N–H and O–H groups in total. The Morgan fingerprint density at radius 1 is 1.37 bits per heavy atom. The molecule has 2 atom stereocenters. The summed E-state index contributed by atoms with van der Waals surface area (Å²) in [6.07, 6.45) is 1.02. The van der Waals surface area contributed by atoms with E-state index in [4.69, 9.17) is 14.9 Å². The first-order chi connectivity index (χ1) is 16.3. The second-order valence-electron chi connectivity index (χ2n) is 8.94. The van der Waals surface area contributed by atoms with Crippen molar-refractivity contribution in [3.63, 3.8) is 0 Å². The zero-order chi connectivity index (χ0) is 26.3. The molecule has 2 unspecified atom stereocenters. The van der Waals surface area contributed by atoms with Gasteiger partial charge in [-0.05, 0) is 52.7 Å². The number of hydrazine groups is 1. The number of nitro groups is 1. The van der Waals surface area contributed by atoms with Gasteiger partial charge in [-0.15, -0.1) is 0 Å². The number of carbonyl (C=O) groups is 2. The van der Waals surface area contributed by atoms with Crippen LogP contribution in [0.2, 0.25) is 0 Å². The second-order valence-corrected chi connectivity index (χ2v) is 8.94. The molecule has 2 amide bonds. The normalized spacial score (nSPS) is 17.9. The number of hydrogen-bond acceptors (Lipinski definition) is 8. The van der Waals surface area contributed by atoms with Gasteiger partial charge in [0.25, 0.3) is 11.5 Å². The molecule has 194 valence electrons. The first-order valence-electron chi connectivity index (χ1n) is 11.2. The molecule has 14 heteroatoms. The van der Waals surface area contributed by atoms with Gasteiger partial charge in [-0.25, -0.2) is 14.9 Å². The summed E-state index contributed by atoms with van der Waals surface area (Å²) in [7, 11) is 1.41. The van der Waals surface area contributed by atoms with Gasteiger partial charge >= 0.3 is 6.09 Å². The van der Waals surface area contributed by atoms with Crippen LogP contribution in [0.3, 0.4) is 0 Å². The van der Waals surface area contributed by atoms with Gasteiger partial charge in [-0.3, -0.25) is 19.9 Å². The van der Waals surface area contributed by atoms with Crippen molar-refractivity contribution in [2.24, 2.45) is 0 Å². The quantitative estimate of drug-likeness (QED) is 0.215. The van der Waals surface area contributed by atoms with E-state index in [9.17, 15) is 24.5 Å². The van der Waals surface area contributed by atoms with Crippen molar-refractivity contribution in [3.05, 3.63) is 38.8 Å². The smallest absolute Gasteiger partial charge is 0.414 e. The van der Waals surface area contributed by atoms with E-state index < -0.39 is 46.4 Å². The van der Waals surface area contributed by atoms with Gasteiger partial charge in [0, 0.05) is 26.4 Å². The number of nitrogens with zero attached hydrogens (tertiary/aromatic N) is 4. The van der Waals surface area contributed by atoms with E-state index in [1.807, 2.05) is 5.43 Å². The molecule has 0 aromatic carbocycles. The predicted molar refractivity (Wildman–Crippen MR) is 126 cm³/mol. The van der Waals surface area contributed by atoms with E-state index >= 15 is 0 Å². The number of piperidine rings is 1. The fourth-order valence-electron chi connectivity index (χ4n) is 3.62. The Morgan fingerprint density at radius 3 is 2.66 bits per heavy atom. The number of guanidine groups is 1. The first kappa shape index (κ1) is 27.6. The maximum atomic E-state index is 12.9. The minimum atomic E-state index is -0.832. The lowest BCUT2D eigenvalue weighted by Crippen LogP contribution is -2.61. The summed E-state index contributed by atoms with van der Waals surface area (Å²) in [6, 6.07) is 2.44. The molecule has 1 aromatic heterocycles. The SMILES string of the molecule is CCOC1C(NC(=O)Cn2cccc(N(C)C(=O)OC(C)(C)C)c2=O)CCCN1C(=N)N[N+](=O)[O-]. The summed E-state index contributed by atoms with van der Waals surface area (Å²) in [4.78, 5) is 51.3. The minimum absolute atomic E-state index is 0.0462. The Morgan fingerprint density at radius 2 is 2.06 bits per heavy atom. The zero-order valence-electron chi connectivity index (χ0n) is 20.6. The Balaban J connectivity index is 2.14. The summed E-state index contributed by atoms with van der Waals surface area (Å²) in [5.41, 5.74) is 0.563. The van der Waals surface area contributed by atoms with E-state index in [0.29, 0.717) is 19.4 Å². The molecule has 0 bridgehead atoms. The Hall–Kier alpha value is -3.68. The maximum absolute atomic E-state index is 12.9. The third-order valence-electron chi connectivity index (χ3n) is 5.08. The number of hydrogen-bond donors (Lipinski definition) is 3. The van der Waals surface area contributed by atoms with Crippen LogP contribution in [0.15, 0.2) is 23.1 Å². The molecule has 1 aromatic rings. The van der Waals surface area contributed by atoms with Crippen LogP contribution in [0.1, 0.15) is 40.5 Å². The summed E-state index contributed by atoms with van der Waals surface area (Å²) in [5, 5.41) is 20.7. The van der Waals surface area contributed by atoms with Crippen LogP contribution >= 0.6 is 0 Å². The average molecular weight is 496 g/mol. The molecule has 0 saturated carbocycles. The molecule has 1 aliphatic rings. The number of aromatic nitrogens is 1. The van der Waals surface area contributed by atoms with Crippen LogP contribution in [-0.4, -0.2) is 70.5 Å².